The summed E-state index contributed by atoms with van der Waals surface area (Å²) in [6.45, 7) is 1.15. The molecule has 1 aliphatic carbocycles. The molecule has 1 aliphatic heterocycles. The van der Waals surface area contributed by atoms with E-state index >= 15 is 0 Å². The van der Waals surface area contributed by atoms with Gasteiger partial charge in [-0.2, -0.15) is 0 Å². The van der Waals surface area contributed by atoms with E-state index in [1.165, 1.54) is 42.7 Å². The largest absolute Gasteiger partial charge is 0.300 e. The van der Waals surface area contributed by atoms with Gasteiger partial charge in [-0.05, 0) is 31.1 Å². The van der Waals surface area contributed by atoms with Crippen molar-refractivity contribution in [3.8, 4) is 0 Å². The van der Waals surface area contributed by atoms with Crippen molar-refractivity contribution < 1.29 is 13.2 Å². The molecule has 2 rings (SSSR count). The Morgan fingerprint density at radius 2 is 1.71 bits per heavy atom. The van der Waals surface area contributed by atoms with Crippen LogP contribution in [-0.4, -0.2) is 37.9 Å². The fourth-order valence-electron chi connectivity index (χ4n) is 3.76. The van der Waals surface area contributed by atoms with E-state index in [1.54, 1.807) is 0 Å². The first kappa shape index (κ1) is 16.9. The third-order valence-corrected chi connectivity index (χ3v) is 6.29. The van der Waals surface area contributed by atoms with Crippen LogP contribution in [0, 0.1) is 11.8 Å². The number of piperidine rings is 1. The summed E-state index contributed by atoms with van der Waals surface area (Å²) in [7, 11) is -3.10. The molecule has 1 atom stereocenters. The minimum Gasteiger partial charge on any atom is -0.300 e. The Morgan fingerprint density at radius 3 is 2.38 bits per heavy atom. The molecule has 0 spiro atoms. The van der Waals surface area contributed by atoms with Gasteiger partial charge in [-0.1, -0.05) is 32.1 Å². The summed E-state index contributed by atoms with van der Waals surface area (Å²) in [5.74, 6) is 1.31. The van der Waals surface area contributed by atoms with Gasteiger partial charge >= 0.3 is 0 Å². The van der Waals surface area contributed by atoms with Gasteiger partial charge in [0.25, 0.3) is 0 Å². The molecule has 0 aromatic carbocycles. The summed E-state index contributed by atoms with van der Waals surface area (Å²) >= 11 is 0. The molecule has 1 unspecified atom stereocenters. The Morgan fingerprint density at radius 1 is 1.05 bits per heavy atom. The van der Waals surface area contributed by atoms with E-state index in [0.29, 0.717) is 31.7 Å². The van der Waals surface area contributed by atoms with Crippen LogP contribution in [0.2, 0.25) is 0 Å². The lowest BCUT2D eigenvalue weighted by atomic mass is 9.84. The number of carbonyl (C=O) groups excluding carboxylic acids is 1. The SMILES string of the molecule is CS(=O)(=O)N1CCCC(CC(=O)CCC2CCCCC2)C1. The highest BCUT2D eigenvalue weighted by atomic mass is 32.2. The highest BCUT2D eigenvalue weighted by Crippen LogP contribution is 2.28. The van der Waals surface area contributed by atoms with E-state index in [9.17, 15) is 13.2 Å². The average molecular weight is 315 g/mol. The van der Waals surface area contributed by atoms with E-state index in [0.717, 1.165) is 25.2 Å². The van der Waals surface area contributed by atoms with Crippen molar-refractivity contribution in [3.63, 3.8) is 0 Å². The van der Waals surface area contributed by atoms with Crippen molar-refractivity contribution in [1.82, 2.24) is 4.31 Å². The maximum absolute atomic E-state index is 12.1. The van der Waals surface area contributed by atoms with Gasteiger partial charge in [-0.15, -0.1) is 0 Å². The molecule has 1 saturated carbocycles. The summed E-state index contributed by atoms with van der Waals surface area (Å²) in [6.07, 6.45) is 12.0. The van der Waals surface area contributed by atoms with Crippen LogP contribution in [0.25, 0.3) is 0 Å². The highest BCUT2D eigenvalue weighted by Gasteiger charge is 2.27. The zero-order valence-corrected chi connectivity index (χ0v) is 14.0. The normalized spacial score (nSPS) is 25.9. The summed E-state index contributed by atoms with van der Waals surface area (Å²) in [4.78, 5) is 12.1. The second kappa shape index (κ2) is 7.73. The summed E-state index contributed by atoms with van der Waals surface area (Å²) in [5.41, 5.74) is 0. The molecule has 0 N–H and O–H groups in total. The second-order valence-corrected chi connectivity index (χ2v) is 8.90. The van der Waals surface area contributed by atoms with Crippen molar-refractivity contribution in [2.24, 2.45) is 11.8 Å². The molecule has 1 saturated heterocycles. The number of Topliss-reactive ketones (excluding diaryl/α,β-unsaturated/α-hetero) is 1. The Bertz CT molecular complexity index is 440. The molecule has 4 nitrogen and oxygen atoms in total. The lowest BCUT2D eigenvalue weighted by Gasteiger charge is -2.30. The van der Waals surface area contributed by atoms with Gasteiger partial charge in [0, 0.05) is 25.9 Å². The quantitative estimate of drug-likeness (QED) is 0.757. The molecule has 0 aromatic rings. The van der Waals surface area contributed by atoms with E-state index in [2.05, 4.69) is 0 Å². The minimum atomic E-state index is -3.10. The first-order valence-electron chi connectivity index (χ1n) is 8.42. The monoisotopic (exact) mass is 315 g/mol. The Hall–Kier alpha value is -0.420. The molecule has 0 amide bonds. The lowest BCUT2D eigenvalue weighted by Crippen LogP contribution is -2.39. The van der Waals surface area contributed by atoms with Crippen LogP contribution in [0.15, 0.2) is 0 Å². The molecule has 2 aliphatic rings. The van der Waals surface area contributed by atoms with E-state index < -0.39 is 10.0 Å². The van der Waals surface area contributed by atoms with Crippen molar-refractivity contribution in [3.05, 3.63) is 0 Å². The number of hydrogen-bond donors (Lipinski definition) is 0. The molecule has 0 aromatic heterocycles. The Labute approximate surface area is 129 Å². The van der Waals surface area contributed by atoms with Crippen LogP contribution in [0.4, 0.5) is 0 Å². The molecule has 0 radical (unpaired) electrons. The molecule has 5 heteroatoms. The van der Waals surface area contributed by atoms with Gasteiger partial charge in [0.05, 0.1) is 6.26 Å². The highest BCUT2D eigenvalue weighted by molar-refractivity contribution is 7.88. The number of ketones is 1. The van der Waals surface area contributed by atoms with Crippen molar-refractivity contribution in [2.45, 2.75) is 64.2 Å². The minimum absolute atomic E-state index is 0.229. The third kappa shape index (κ3) is 5.70. The van der Waals surface area contributed by atoms with Gasteiger partial charge in [-0.3, -0.25) is 4.79 Å². The molecule has 2 fully saturated rings. The topological polar surface area (TPSA) is 54.5 Å². The van der Waals surface area contributed by atoms with Crippen LogP contribution < -0.4 is 0 Å². The van der Waals surface area contributed by atoms with Crippen LogP contribution in [0.3, 0.4) is 0 Å². The van der Waals surface area contributed by atoms with E-state index in [1.807, 2.05) is 0 Å². The van der Waals surface area contributed by atoms with E-state index in [-0.39, 0.29) is 5.92 Å². The summed E-state index contributed by atoms with van der Waals surface area (Å²) in [6, 6.07) is 0. The Kier molecular flexibility index (Phi) is 6.23. The molecule has 21 heavy (non-hydrogen) atoms. The van der Waals surface area contributed by atoms with Crippen LogP contribution in [0.1, 0.15) is 64.2 Å². The second-order valence-electron chi connectivity index (χ2n) is 6.91. The number of hydrogen-bond acceptors (Lipinski definition) is 3. The maximum Gasteiger partial charge on any atom is 0.211 e. The summed E-state index contributed by atoms with van der Waals surface area (Å²) in [5, 5.41) is 0. The maximum atomic E-state index is 12.1. The predicted octanol–water partition coefficient (Wildman–Crippen LogP) is 2.98. The number of carbonyl (C=O) groups is 1. The van der Waals surface area contributed by atoms with Gasteiger partial charge in [0.2, 0.25) is 10.0 Å². The van der Waals surface area contributed by atoms with Crippen molar-refractivity contribution in [1.29, 1.82) is 0 Å². The van der Waals surface area contributed by atoms with Gasteiger partial charge < -0.3 is 0 Å². The lowest BCUT2D eigenvalue weighted by molar-refractivity contribution is -0.120. The summed E-state index contributed by atoms with van der Waals surface area (Å²) < 4.78 is 24.7. The molecule has 1 heterocycles. The van der Waals surface area contributed by atoms with Gasteiger partial charge in [0.15, 0.2) is 0 Å². The fourth-order valence-corrected chi connectivity index (χ4v) is 4.70. The predicted molar refractivity (Wildman–Crippen MR) is 84.6 cm³/mol. The zero-order chi connectivity index (χ0) is 15.3. The molecular weight excluding hydrogens is 286 g/mol. The Balaban J connectivity index is 1.71. The smallest absolute Gasteiger partial charge is 0.211 e. The standard InChI is InChI=1S/C16H29NO3S/c1-21(19,20)17-11-5-8-15(13-17)12-16(18)10-9-14-6-3-2-4-7-14/h14-15H,2-13H2,1H3. The van der Waals surface area contributed by atoms with Crippen LogP contribution >= 0.6 is 0 Å². The third-order valence-electron chi connectivity index (χ3n) is 5.02. The molecule has 0 bridgehead atoms. The van der Waals surface area contributed by atoms with Gasteiger partial charge in [0.1, 0.15) is 5.78 Å². The number of nitrogens with zero attached hydrogens (tertiary/aromatic N) is 1. The average Bonchev–Trinajstić information content (AvgIpc) is 2.46. The zero-order valence-electron chi connectivity index (χ0n) is 13.2. The fraction of sp³-hybridized carbons (Fsp3) is 0.938. The van der Waals surface area contributed by atoms with E-state index in [4.69, 9.17) is 0 Å². The van der Waals surface area contributed by atoms with Gasteiger partial charge in [-0.25, -0.2) is 12.7 Å². The number of rotatable bonds is 6. The first-order valence-corrected chi connectivity index (χ1v) is 10.3. The van der Waals surface area contributed by atoms with Crippen molar-refractivity contribution in [2.75, 3.05) is 19.3 Å². The van der Waals surface area contributed by atoms with Crippen molar-refractivity contribution >= 4 is 15.8 Å². The molecule has 122 valence electrons. The van der Waals surface area contributed by atoms with Crippen LogP contribution in [0.5, 0.6) is 0 Å². The first-order chi connectivity index (χ1) is 9.95. The number of sulfonamides is 1. The molecular formula is C16H29NO3S. The van der Waals surface area contributed by atoms with Crippen LogP contribution in [-0.2, 0) is 14.8 Å².